The number of carbonyl (C=O) groups is 1. The summed E-state index contributed by atoms with van der Waals surface area (Å²) in [5, 5.41) is 3.02. The van der Waals surface area contributed by atoms with Gasteiger partial charge in [0.25, 0.3) is 0 Å². The summed E-state index contributed by atoms with van der Waals surface area (Å²) in [6.07, 6.45) is 3.60. The SMILES string of the molecule is CCN(CC)c1ncnc2c(-c3ccccc3)cn(CC(=O)NCc3ccc(OC)c(OC)c3)c12. The molecule has 4 rings (SSSR count). The summed E-state index contributed by atoms with van der Waals surface area (Å²) in [5.41, 5.74) is 4.64. The molecule has 182 valence electrons. The van der Waals surface area contributed by atoms with Gasteiger partial charge in [-0.05, 0) is 37.1 Å². The molecule has 2 aromatic heterocycles. The fourth-order valence-electron chi connectivity index (χ4n) is 4.22. The van der Waals surface area contributed by atoms with Crippen LogP contribution in [0.1, 0.15) is 19.4 Å². The van der Waals surface area contributed by atoms with E-state index >= 15 is 0 Å². The van der Waals surface area contributed by atoms with Crippen LogP contribution >= 0.6 is 0 Å². The Bertz CT molecular complexity index is 1300. The minimum atomic E-state index is -0.106. The van der Waals surface area contributed by atoms with Gasteiger partial charge in [0.1, 0.15) is 23.9 Å². The largest absolute Gasteiger partial charge is 0.493 e. The maximum absolute atomic E-state index is 13.0. The van der Waals surface area contributed by atoms with Crippen LogP contribution in [0, 0.1) is 0 Å². The number of methoxy groups -OCH3 is 2. The first-order chi connectivity index (χ1) is 17.1. The first-order valence-corrected chi connectivity index (χ1v) is 11.7. The summed E-state index contributed by atoms with van der Waals surface area (Å²) in [4.78, 5) is 24.4. The third-order valence-corrected chi connectivity index (χ3v) is 6.03. The zero-order chi connectivity index (χ0) is 24.8. The Hall–Kier alpha value is -4.07. The second-order valence-corrected chi connectivity index (χ2v) is 8.07. The van der Waals surface area contributed by atoms with Gasteiger partial charge in [-0.2, -0.15) is 0 Å². The second-order valence-electron chi connectivity index (χ2n) is 8.07. The number of anilines is 1. The van der Waals surface area contributed by atoms with E-state index in [-0.39, 0.29) is 12.5 Å². The van der Waals surface area contributed by atoms with Gasteiger partial charge in [-0.1, -0.05) is 36.4 Å². The summed E-state index contributed by atoms with van der Waals surface area (Å²) in [6.45, 7) is 6.33. The molecule has 2 heterocycles. The van der Waals surface area contributed by atoms with Crippen molar-refractivity contribution in [2.75, 3.05) is 32.2 Å². The third kappa shape index (κ3) is 5.06. The molecule has 8 nitrogen and oxygen atoms in total. The van der Waals surface area contributed by atoms with E-state index < -0.39 is 0 Å². The average Bonchev–Trinajstić information content (AvgIpc) is 3.27. The molecule has 0 fully saturated rings. The maximum atomic E-state index is 13.0. The molecule has 8 heteroatoms. The molecule has 0 atom stereocenters. The van der Waals surface area contributed by atoms with E-state index in [1.807, 2.05) is 47.2 Å². The number of rotatable bonds is 10. The van der Waals surface area contributed by atoms with Gasteiger partial charge in [0.2, 0.25) is 5.91 Å². The van der Waals surface area contributed by atoms with E-state index in [4.69, 9.17) is 9.47 Å². The van der Waals surface area contributed by atoms with Crippen LogP contribution in [0.25, 0.3) is 22.2 Å². The number of nitrogens with one attached hydrogen (secondary N) is 1. The van der Waals surface area contributed by atoms with Crippen molar-refractivity contribution < 1.29 is 14.3 Å². The van der Waals surface area contributed by atoms with Crippen molar-refractivity contribution in [2.24, 2.45) is 0 Å². The predicted molar refractivity (Wildman–Crippen MR) is 138 cm³/mol. The molecule has 0 aliphatic carbocycles. The highest BCUT2D eigenvalue weighted by Crippen LogP contribution is 2.33. The van der Waals surface area contributed by atoms with Gasteiger partial charge < -0.3 is 24.3 Å². The molecule has 0 aliphatic rings. The van der Waals surface area contributed by atoms with E-state index in [9.17, 15) is 4.79 Å². The van der Waals surface area contributed by atoms with E-state index in [0.29, 0.717) is 18.0 Å². The summed E-state index contributed by atoms with van der Waals surface area (Å²) in [5.74, 6) is 2.00. The first kappa shape index (κ1) is 24.1. The number of ether oxygens (including phenoxy) is 2. The number of aromatic nitrogens is 3. The molecule has 0 unspecified atom stereocenters. The van der Waals surface area contributed by atoms with Gasteiger partial charge in [0.15, 0.2) is 17.3 Å². The zero-order valence-electron chi connectivity index (χ0n) is 20.6. The van der Waals surface area contributed by atoms with Gasteiger partial charge in [-0.3, -0.25) is 4.79 Å². The highest BCUT2D eigenvalue weighted by Gasteiger charge is 2.20. The van der Waals surface area contributed by atoms with Crippen molar-refractivity contribution in [2.45, 2.75) is 26.9 Å². The van der Waals surface area contributed by atoms with Crippen LogP contribution in [0.3, 0.4) is 0 Å². The minimum absolute atomic E-state index is 0.106. The molecule has 1 amide bonds. The Morgan fingerprint density at radius 1 is 1.00 bits per heavy atom. The van der Waals surface area contributed by atoms with Crippen molar-refractivity contribution in [3.63, 3.8) is 0 Å². The number of hydrogen-bond acceptors (Lipinski definition) is 6. The van der Waals surface area contributed by atoms with Gasteiger partial charge in [0, 0.05) is 31.4 Å². The molecular formula is C27H31N5O3. The Morgan fingerprint density at radius 2 is 1.74 bits per heavy atom. The predicted octanol–water partition coefficient (Wildman–Crippen LogP) is 4.28. The lowest BCUT2D eigenvalue weighted by Gasteiger charge is -2.21. The van der Waals surface area contributed by atoms with E-state index in [2.05, 4.69) is 46.2 Å². The quantitative estimate of drug-likeness (QED) is 0.370. The smallest absolute Gasteiger partial charge is 0.240 e. The number of hydrogen-bond donors (Lipinski definition) is 1. The number of fused-ring (bicyclic) bond motifs is 1. The number of carbonyl (C=O) groups excluding carboxylic acids is 1. The molecule has 4 aromatic rings. The number of nitrogens with zero attached hydrogens (tertiary/aromatic N) is 4. The third-order valence-electron chi connectivity index (χ3n) is 6.03. The Kier molecular flexibility index (Phi) is 7.50. The topological polar surface area (TPSA) is 81.5 Å². The van der Waals surface area contributed by atoms with Crippen LogP contribution in [0.4, 0.5) is 5.82 Å². The minimum Gasteiger partial charge on any atom is -0.493 e. The Balaban J connectivity index is 1.64. The van der Waals surface area contributed by atoms with E-state index in [1.54, 1.807) is 20.5 Å². The Morgan fingerprint density at radius 3 is 2.43 bits per heavy atom. The van der Waals surface area contributed by atoms with E-state index in [0.717, 1.165) is 46.6 Å². The number of benzene rings is 2. The second kappa shape index (κ2) is 10.9. The van der Waals surface area contributed by atoms with Gasteiger partial charge in [-0.25, -0.2) is 9.97 Å². The highest BCUT2D eigenvalue weighted by atomic mass is 16.5. The normalized spacial score (nSPS) is 10.9. The summed E-state index contributed by atoms with van der Waals surface area (Å²) >= 11 is 0. The Labute approximate surface area is 205 Å². The fraction of sp³-hybridized carbons (Fsp3) is 0.296. The lowest BCUT2D eigenvalue weighted by molar-refractivity contribution is -0.121. The van der Waals surface area contributed by atoms with Gasteiger partial charge >= 0.3 is 0 Å². The summed E-state index contributed by atoms with van der Waals surface area (Å²) < 4.78 is 12.6. The molecular weight excluding hydrogens is 442 g/mol. The van der Waals surface area contributed by atoms with Crippen LogP contribution < -0.4 is 19.7 Å². The summed E-state index contributed by atoms with van der Waals surface area (Å²) in [6, 6.07) is 15.7. The standard InChI is InChI=1S/C27H31N5O3/c1-5-31(6-2)27-26-25(29-18-30-27)21(20-10-8-7-9-11-20)16-32(26)17-24(33)28-15-19-12-13-22(34-3)23(14-19)35-4/h7-14,16,18H,5-6,15,17H2,1-4H3,(H,28,33). The first-order valence-electron chi connectivity index (χ1n) is 11.7. The molecule has 1 N–H and O–H groups in total. The van der Waals surface area contributed by atoms with Gasteiger partial charge in [0.05, 0.1) is 14.2 Å². The van der Waals surface area contributed by atoms with E-state index in [1.165, 1.54) is 0 Å². The summed E-state index contributed by atoms with van der Waals surface area (Å²) in [7, 11) is 3.19. The molecule has 0 aliphatic heterocycles. The van der Waals surface area contributed by atoms with Crippen LogP contribution in [-0.2, 0) is 17.9 Å². The van der Waals surface area contributed by atoms with Crippen molar-refractivity contribution in [3.05, 3.63) is 66.6 Å². The fourth-order valence-corrected chi connectivity index (χ4v) is 4.22. The van der Waals surface area contributed by atoms with Crippen molar-refractivity contribution in [1.82, 2.24) is 19.9 Å². The number of amides is 1. The van der Waals surface area contributed by atoms with Crippen molar-refractivity contribution in [3.8, 4) is 22.6 Å². The lowest BCUT2D eigenvalue weighted by atomic mass is 10.1. The van der Waals surface area contributed by atoms with Crippen LogP contribution in [0.2, 0.25) is 0 Å². The van der Waals surface area contributed by atoms with Gasteiger partial charge in [-0.15, -0.1) is 0 Å². The van der Waals surface area contributed by atoms with Crippen LogP contribution in [-0.4, -0.2) is 47.8 Å². The zero-order valence-corrected chi connectivity index (χ0v) is 20.6. The molecule has 0 bridgehead atoms. The molecule has 0 saturated heterocycles. The highest BCUT2D eigenvalue weighted by molar-refractivity contribution is 5.99. The van der Waals surface area contributed by atoms with Crippen molar-refractivity contribution in [1.29, 1.82) is 0 Å². The molecule has 0 saturated carbocycles. The monoisotopic (exact) mass is 473 g/mol. The molecule has 2 aromatic carbocycles. The molecule has 0 spiro atoms. The molecule has 0 radical (unpaired) electrons. The van der Waals surface area contributed by atoms with Crippen molar-refractivity contribution >= 4 is 22.8 Å². The van der Waals surface area contributed by atoms with Crippen LogP contribution in [0.15, 0.2) is 61.1 Å². The maximum Gasteiger partial charge on any atom is 0.240 e. The molecule has 35 heavy (non-hydrogen) atoms. The lowest BCUT2D eigenvalue weighted by Crippen LogP contribution is -2.28. The average molecular weight is 474 g/mol. The van der Waals surface area contributed by atoms with Crippen LogP contribution in [0.5, 0.6) is 11.5 Å².